The van der Waals surface area contributed by atoms with Gasteiger partial charge in [0, 0.05) is 56.1 Å². The number of benzene rings is 10. The van der Waals surface area contributed by atoms with Crippen molar-refractivity contribution in [1.29, 1.82) is 0 Å². The number of anilines is 5. The lowest BCUT2D eigenvalue weighted by atomic mass is 9.91. The van der Waals surface area contributed by atoms with Gasteiger partial charge in [-0.25, -0.2) is 0 Å². The summed E-state index contributed by atoms with van der Waals surface area (Å²) in [6, 6.07) is 83.7. The van der Waals surface area contributed by atoms with Gasteiger partial charge in [0.2, 0.25) is 0 Å². The molecule has 0 N–H and O–H groups in total. The SMILES string of the molecule is C1=CC2c3ccccc3N(c3ccccc3-c3ccc(-c4ccc(N(c5ccc(-c6ccc7ccccc7c6)cc5)c5ccccc5-c5cccc6c5oc5ccccc56)cc4)cc3)C2C=C1. The van der Waals surface area contributed by atoms with Crippen LogP contribution in [0.4, 0.5) is 28.4 Å². The van der Waals surface area contributed by atoms with Crippen molar-refractivity contribution < 1.29 is 4.42 Å². The molecule has 11 aromatic rings. The molecule has 10 aromatic carbocycles. The number of para-hydroxylation sites is 5. The van der Waals surface area contributed by atoms with Crippen molar-refractivity contribution in [2.75, 3.05) is 9.80 Å². The number of nitrogens with zero attached hydrogens (tertiary/aromatic N) is 2. The second-order valence-electron chi connectivity index (χ2n) is 17.6. The fourth-order valence-corrected chi connectivity index (χ4v) is 10.6. The molecule has 2 unspecified atom stereocenters. The van der Waals surface area contributed by atoms with E-state index in [0.29, 0.717) is 5.92 Å². The van der Waals surface area contributed by atoms with E-state index >= 15 is 0 Å². The second-order valence-corrected chi connectivity index (χ2v) is 17.6. The maximum Gasteiger partial charge on any atom is 0.143 e. The molecule has 2 aliphatic rings. The second kappa shape index (κ2) is 16.1. The maximum absolute atomic E-state index is 6.62. The number of rotatable bonds is 8. The van der Waals surface area contributed by atoms with E-state index < -0.39 is 0 Å². The Bertz CT molecular complexity index is 3710. The number of hydrogen-bond donors (Lipinski definition) is 0. The van der Waals surface area contributed by atoms with Crippen LogP contribution in [0.15, 0.2) is 259 Å². The van der Waals surface area contributed by atoms with Gasteiger partial charge in [0.15, 0.2) is 0 Å². The fourth-order valence-electron chi connectivity index (χ4n) is 10.6. The molecule has 0 saturated carbocycles. The first-order valence-corrected chi connectivity index (χ1v) is 23.2. The highest BCUT2D eigenvalue weighted by Gasteiger charge is 2.37. The molecule has 3 nitrogen and oxygen atoms in total. The van der Waals surface area contributed by atoms with Gasteiger partial charge in [-0.2, -0.15) is 0 Å². The lowest BCUT2D eigenvalue weighted by Gasteiger charge is -2.30. The van der Waals surface area contributed by atoms with Crippen molar-refractivity contribution >= 4 is 61.1 Å². The summed E-state index contributed by atoms with van der Waals surface area (Å²) < 4.78 is 6.62. The molecule has 0 radical (unpaired) electrons. The molecule has 0 fully saturated rings. The summed E-state index contributed by atoms with van der Waals surface area (Å²) in [5.74, 6) is 0.338. The van der Waals surface area contributed by atoms with Crippen molar-refractivity contribution in [3.8, 4) is 44.5 Å². The Balaban J connectivity index is 0.871. The van der Waals surface area contributed by atoms with Crippen molar-refractivity contribution in [3.05, 3.63) is 260 Å². The third kappa shape index (κ3) is 6.66. The van der Waals surface area contributed by atoms with Crippen molar-refractivity contribution in [2.24, 2.45) is 0 Å². The van der Waals surface area contributed by atoms with E-state index in [2.05, 4.69) is 259 Å². The third-order valence-corrected chi connectivity index (χ3v) is 13.8. The highest BCUT2D eigenvalue weighted by atomic mass is 16.3. The zero-order chi connectivity index (χ0) is 44.3. The number of furan rings is 1. The average molecular weight is 857 g/mol. The highest BCUT2D eigenvalue weighted by Crippen LogP contribution is 2.50. The Morgan fingerprint density at radius 3 is 1.76 bits per heavy atom. The molecule has 316 valence electrons. The van der Waals surface area contributed by atoms with Crippen LogP contribution in [0.5, 0.6) is 0 Å². The van der Waals surface area contributed by atoms with Crippen LogP contribution in [-0.2, 0) is 0 Å². The maximum atomic E-state index is 6.62. The van der Waals surface area contributed by atoms with Gasteiger partial charge in [0.05, 0.1) is 11.7 Å². The Kier molecular flexibility index (Phi) is 9.31. The minimum absolute atomic E-state index is 0.245. The quantitative estimate of drug-likeness (QED) is 0.152. The molecule has 0 bridgehead atoms. The molecule has 1 aliphatic carbocycles. The van der Waals surface area contributed by atoms with Gasteiger partial charge in [0.1, 0.15) is 11.2 Å². The van der Waals surface area contributed by atoms with Crippen LogP contribution in [0.3, 0.4) is 0 Å². The van der Waals surface area contributed by atoms with Gasteiger partial charge >= 0.3 is 0 Å². The molecular weight excluding hydrogens is 813 g/mol. The Labute approximate surface area is 390 Å². The number of fused-ring (bicyclic) bond motifs is 7. The predicted molar refractivity (Wildman–Crippen MR) is 281 cm³/mol. The fraction of sp³-hybridized carbons (Fsp3) is 0.0312. The molecular formula is C64H44N2O. The van der Waals surface area contributed by atoms with Gasteiger partial charge in [-0.15, -0.1) is 0 Å². The van der Waals surface area contributed by atoms with Crippen LogP contribution in [0.2, 0.25) is 0 Å². The summed E-state index contributed by atoms with van der Waals surface area (Å²) in [5.41, 5.74) is 18.1. The summed E-state index contributed by atoms with van der Waals surface area (Å²) in [6.07, 6.45) is 9.06. The largest absolute Gasteiger partial charge is 0.455 e. The van der Waals surface area contributed by atoms with E-state index in [1.807, 2.05) is 6.07 Å². The van der Waals surface area contributed by atoms with Crippen molar-refractivity contribution in [2.45, 2.75) is 12.0 Å². The van der Waals surface area contributed by atoms with E-state index in [4.69, 9.17) is 4.42 Å². The average Bonchev–Trinajstić information content (AvgIpc) is 3.95. The smallest absolute Gasteiger partial charge is 0.143 e. The van der Waals surface area contributed by atoms with Crippen molar-refractivity contribution in [1.82, 2.24) is 0 Å². The molecule has 13 rings (SSSR count). The van der Waals surface area contributed by atoms with Gasteiger partial charge in [-0.05, 0) is 98.8 Å². The number of allylic oxidation sites excluding steroid dienone is 2. The van der Waals surface area contributed by atoms with Gasteiger partial charge in [-0.3, -0.25) is 0 Å². The minimum atomic E-state index is 0.245. The third-order valence-electron chi connectivity index (χ3n) is 13.8. The van der Waals surface area contributed by atoms with E-state index in [1.54, 1.807) is 0 Å². The van der Waals surface area contributed by atoms with E-state index in [0.717, 1.165) is 55.7 Å². The van der Waals surface area contributed by atoms with Crippen LogP contribution in [-0.4, -0.2) is 6.04 Å². The van der Waals surface area contributed by atoms with Crippen LogP contribution in [0.25, 0.3) is 77.2 Å². The summed E-state index contributed by atoms with van der Waals surface area (Å²) in [7, 11) is 0. The topological polar surface area (TPSA) is 19.6 Å². The molecule has 1 aliphatic heterocycles. The lowest BCUT2D eigenvalue weighted by Crippen LogP contribution is -2.28. The molecule has 0 saturated heterocycles. The first-order valence-electron chi connectivity index (χ1n) is 23.2. The molecule has 2 atom stereocenters. The summed E-state index contributed by atoms with van der Waals surface area (Å²) in [4.78, 5) is 4.91. The van der Waals surface area contributed by atoms with Gasteiger partial charge < -0.3 is 14.2 Å². The number of hydrogen-bond acceptors (Lipinski definition) is 3. The summed E-state index contributed by atoms with van der Waals surface area (Å²) in [6.45, 7) is 0. The molecule has 1 aromatic heterocycles. The van der Waals surface area contributed by atoms with Crippen LogP contribution < -0.4 is 9.80 Å². The Hall–Kier alpha value is -8.66. The zero-order valence-electron chi connectivity index (χ0n) is 36.7. The van der Waals surface area contributed by atoms with Crippen LogP contribution >= 0.6 is 0 Å². The minimum Gasteiger partial charge on any atom is -0.455 e. The van der Waals surface area contributed by atoms with E-state index in [9.17, 15) is 0 Å². The zero-order valence-corrected chi connectivity index (χ0v) is 36.7. The highest BCUT2D eigenvalue weighted by molar-refractivity contribution is 6.11. The molecule has 2 heterocycles. The first-order chi connectivity index (χ1) is 33.2. The monoisotopic (exact) mass is 856 g/mol. The Morgan fingerprint density at radius 1 is 0.388 bits per heavy atom. The van der Waals surface area contributed by atoms with Crippen molar-refractivity contribution in [3.63, 3.8) is 0 Å². The van der Waals surface area contributed by atoms with Gasteiger partial charge in [-0.1, -0.05) is 200 Å². The lowest BCUT2D eigenvalue weighted by molar-refractivity contribution is 0.670. The first kappa shape index (κ1) is 38.8. The van der Waals surface area contributed by atoms with E-state index in [-0.39, 0.29) is 6.04 Å². The summed E-state index contributed by atoms with van der Waals surface area (Å²) >= 11 is 0. The predicted octanol–water partition coefficient (Wildman–Crippen LogP) is 17.6. The van der Waals surface area contributed by atoms with Crippen LogP contribution in [0, 0.1) is 0 Å². The molecule has 67 heavy (non-hydrogen) atoms. The molecule has 3 heteroatoms. The Morgan fingerprint density at radius 2 is 0.955 bits per heavy atom. The van der Waals surface area contributed by atoms with Crippen LogP contribution in [0.1, 0.15) is 11.5 Å². The van der Waals surface area contributed by atoms with E-state index in [1.165, 1.54) is 55.5 Å². The molecule has 0 amide bonds. The van der Waals surface area contributed by atoms with Gasteiger partial charge in [0.25, 0.3) is 0 Å². The summed E-state index contributed by atoms with van der Waals surface area (Å²) in [5, 5.41) is 4.71. The standard InChI is InChI=1S/C64H44N2O/c1-2-15-48-42-49(33-30-43(48)14-1)46-36-40-51(41-37-46)65(60-24-9-6-19-55(60)57-21-13-22-58-56-20-7-12-27-63(56)67-64(57)58)50-38-34-45(35-39-50)44-28-31-47(32-29-44)52-16-3-8-23-59(52)66-61-25-10-4-17-53(61)54-18-5-11-26-62(54)66/h1-42,53,61H. The molecule has 0 spiro atoms. The normalized spacial score (nSPS) is 15.0.